The third-order valence-electron chi connectivity index (χ3n) is 4.90. The molecule has 1 atom stereocenters. The molecule has 0 saturated carbocycles. The zero-order valence-electron chi connectivity index (χ0n) is 17.5. The van der Waals surface area contributed by atoms with Gasteiger partial charge in [0.25, 0.3) is 0 Å². The summed E-state index contributed by atoms with van der Waals surface area (Å²) in [5, 5.41) is 11.5. The van der Waals surface area contributed by atoms with Gasteiger partial charge in [-0.3, -0.25) is 4.79 Å². The molecule has 0 amide bonds. The molecule has 0 aliphatic carbocycles. The van der Waals surface area contributed by atoms with Crippen LogP contribution in [0.3, 0.4) is 0 Å². The largest absolute Gasteiger partial charge is 0.507 e. The number of rotatable bonds is 4. The molecule has 0 radical (unpaired) electrons. The normalized spacial score (nSPS) is 13.5. The van der Waals surface area contributed by atoms with Crippen LogP contribution in [0.15, 0.2) is 36.4 Å². The van der Waals surface area contributed by atoms with Gasteiger partial charge in [0.2, 0.25) is 0 Å². The van der Waals surface area contributed by atoms with Gasteiger partial charge < -0.3 is 5.11 Å². The summed E-state index contributed by atoms with van der Waals surface area (Å²) in [6, 6.07) is 11.2. The molecule has 0 aromatic heterocycles. The Morgan fingerprint density at radius 1 is 0.963 bits per heavy atom. The number of halogens is 1. The Bertz CT molecular complexity index is 786. The minimum Gasteiger partial charge on any atom is -0.507 e. The molecular weight excluding hydrogens is 356 g/mol. The summed E-state index contributed by atoms with van der Waals surface area (Å²) >= 11 is 5.93. The molecule has 0 aliphatic rings. The Morgan fingerprint density at radius 2 is 1.41 bits per heavy atom. The van der Waals surface area contributed by atoms with Crippen LogP contribution in [0, 0.1) is 5.92 Å². The molecule has 0 bridgehead atoms. The summed E-state index contributed by atoms with van der Waals surface area (Å²) in [6.45, 7) is 14.5. The van der Waals surface area contributed by atoms with Crippen molar-refractivity contribution in [3.8, 4) is 5.75 Å². The van der Waals surface area contributed by atoms with Crippen LogP contribution in [0.5, 0.6) is 5.75 Å². The van der Waals surface area contributed by atoms with Gasteiger partial charge in [0, 0.05) is 16.5 Å². The molecule has 0 aliphatic heterocycles. The van der Waals surface area contributed by atoms with Crippen LogP contribution in [-0.4, -0.2) is 10.9 Å². The number of hydrogen-bond donors (Lipinski definition) is 1. The number of phenols is 1. The molecule has 2 nitrogen and oxygen atoms in total. The van der Waals surface area contributed by atoms with E-state index in [2.05, 4.69) is 53.7 Å². The predicted molar refractivity (Wildman–Crippen MR) is 114 cm³/mol. The number of carbonyl (C=O) groups is 1. The monoisotopic (exact) mass is 386 g/mol. The van der Waals surface area contributed by atoms with Crippen LogP contribution in [0.25, 0.3) is 0 Å². The second-order valence-electron chi connectivity index (χ2n) is 9.52. The van der Waals surface area contributed by atoms with E-state index >= 15 is 0 Å². The highest BCUT2D eigenvalue weighted by molar-refractivity contribution is 6.30. The second-order valence-corrected chi connectivity index (χ2v) is 9.95. The van der Waals surface area contributed by atoms with E-state index in [1.54, 1.807) is 24.3 Å². The zero-order chi connectivity index (χ0) is 20.6. The van der Waals surface area contributed by atoms with E-state index in [1.165, 1.54) is 0 Å². The summed E-state index contributed by atoms with van der Waals surface area (Å²) in [7, 11) is 0. The number of aromatic hydroxyl groups is 1. The molecular formula is C24H31ClO2. The van der Waals surface area contributed by atoms with Crippen molar-refractivity contribution < 1.29 is 9.90 Å². The lowest BCUT2D eigenvalue weighted by atomic mass is 9.77. The predicted octanol–water partition coefficient (Wildman–Crippen LogP) is 6.70. The van der Waals surface area contributed by atoms with Gasteiger partial charge >= 0.3 is 0 Å². The maximum absolute atomic E-state index is 12.8. The summed E-state index contributed by atoms with van der Waals surface area (Å²) in [6.07, 6.45) is 0.633. The molecule has 0 spiro atoms. The quantitative estimate of drug-likeness (QED) is 0.593. The Balaban J connectivity index is 2.40. The van der Waals surface area contributed by atoms with Crippen molar-refractivity contribution in [1.29, 1.82) is 0 Å². The first kappa shape index (κ1) is 21.5. The molecule has 146 valence electrons. The van der Waals surface area contributed by atoms with Crippen LogP contribution in [0.4, 0.5) is 0 Å². The topological polar surface area (TPSA) is 37.3 Å². The summed E-state index contributed by atoms with van der Waals surface area (Å²) in [5.74, 6) is 0.321. The van der Waals surface area contributed by atoms with Gasteiger partial charge in [0.1, 0.15) is 5.75 Å². The molecule has 3 heteroatoms. The first-order chi connectivity index (χ1) is 12.3. The number of carbonyl (C=O) groups excluding carboxylic acids is 1. The maximum Gasteiger partial charge on any atom is 0.165 e. The Kier molecular flexibility index (Phi) is 6.11. The van der Waals surface area contributed by atoms with Crippen molar-refractivity contribution in [2.24, 2.45) is 5.92 Å². The molecule has 2 aromatic carbocycles. The van der Waals surface area contributed by atoms with E-state index in [4.69, 9.17) is 11.6 Å². The molecule has 0 fully saturated rings. The van der Waals surface area contributed by atoms with E-state index < -0.39 is 0 Å². The van der Waals surface area contributed by atoms with Gasteiger partial charge in [-0.25, -0.2) is 0 Å². The van der Waals surface area contributed by atoms with E-state index in [1.807, 2.05) is 6.92 Å². The average molecular weight is 387 g/mol. The highest BCUT2D eigenvalue weighted by Crippen LogP contribution is 2.40. The molecule has 1 unspecified atom stereocenters. The van der Waals surface area contributed by atoms with Crippen molar-refractivity contribution in [3.05, 3.63) is 63.7 Å². The first-order valence-electron chi connectivity index (χ1n) is 9.47. The van der Waals surface area contributed by atoms with Crippen LogP contribution in [-0.2, 0) is 17.3 Å². The van der Waals surface area contributed by atoms with E-state index in [0.29, 0.717) is 22.8 Å². The lowest BCUT2D eigenvalue weighted by Crippen LogP contribution is -2.19. The molecule has 2 rings (SSSR count). The van der Waals surface area contributed by atoms with Crippen molar-refractivity contribution in [3.63, 3.8) is 0 Å². The van der Waals surface area contributed by atoms with Crippen molar-refractivity contribution in [1.82, 2.24) is 0 Å². The van der Waals surface area contributed by atoms with E-state index in [0.717, 1.165) is 16.7 Å². The molecule has 0 heterocycles. The van der Waals surface area contributed by atoms with Gasteiger partial charge in [0.15, 0.2) is 5.78 Å². The number of phenolic OH excluding ortho intramolecular Hbond substituents is 1. The van der Waals surface area contributed by atoms with Crippen molar-refractivity contribution in [2.45, 2.75) is 65.7 Å². The fraction of sp³-hybridized carbons (Fsp3) is 0.458. The second kappa shape index (κ2) is 7.67. The standard InChI is InChI=1S/C24H31ClO2/c1-15(21(26)17-8-10-18(25)11-9-17)12-16-13-19(23(2,3)4)22(27)20(14-16)24(5,6)7/h8-11,13-15,27H,12H2,1-7H3. The lowest BCUT2D eigenvalue weighted by molar-refractivity contribution is 0.0929. The summed E-state index contributed by atoms with van der Waals surface area (Å²) in [4.78, 5) is 12.8. The van der Waals surface area contributed by atoms with Gasteiger partial charge in [-0.05, 0) is 58.2 Å². The third kappa shape index (κ3) is 5.13. The van der Waals surface area contributed by atoms with E-state index in [-0.39, 0.29) is 22.5 Å². The fourth-order valence-corrected chi connectivity index (χ4v) is 3.43. The lowest BCUT2D eigenvalue weighted by Gasteiger charge is -2.28. The van der Waals surface area contributed by atoms with Gasteiger partial charge in [-0.15, -0.1) is 0 Å². The highest BCUT2D eigenvalue weighted by Gasteiger charge is 2.27. The minimum atomic E-state index is -0.177. The molecule has 1 N–H and O–H groups in total. The summed E-state index contributed by atoms with van der Waals surface area (Å²) in [5.41, 5.74) is 3.26. The number of ketones is 1. The Labute approximate surface area is 168 Å². The van der Waals surface area contributed by atoms with Crippen molar-refractivity contribution in [2.75, 3.05) is 0 Å². The van der Waals surface area contributed by atoms with Crippen molar-refractivity contribution >= 4 is 17.4 Å². The van der Waals surface area contributed by atoms with Gasteiger partial charge in [-0.1, -0.05) is 72.2 Å². The SMILES string of the molecule is CC(Cc1cc(C(C)(C)C)c(O)c(C(C)(C)C)c1)C(=O)c1ccc(Cl)cc1. The van der Waals surface area contributed by atoms with Crippen LogP contribution in [0.1, 0.15) is 75.5 Å². The molecule has 2 aromatic rings. The van der Waals surface area contributed by atoms with E-state index in [9.17, 15) is 9.90 Å². The first-order valence-corrected chi connectivity index (χ1v) is 9.85. The number of hydrogen-bond acceptors (Lipinski definition) is 2. The van der Waals surface area contributed by atoms with Crippen LogP contribution < -0.4 is 0 Å². The van der Waals surface area contributed by atoms with Gasteiger partial charge in [-0.2, -0.15) is 0 Å². The maximum atomic E-state index is 12.8. The van der Waals surface area contributed by atoms with Gasteiger partial charge in [0.05, 0.1) is 0 Å². The number of Topliss-reactive ketones (excluding diaryl/α,β-unsaturated/α-hetero) is 1. The number of benzene rings is 2. The Morgan fingerprint density at radius 3 is 1.81 bits per heavy atom. The molecule has 0 saturated heterocycles. The molecule has 27 heavy (non-hydrogen) atoms. The fourth-order valence-electron chi connectivity index (χ4n) is 3.30. The zero-order valence-corrected chi connectivity index (χ0v) is 18.2. The van der Waals surface area contributed by atoms with Crippen LogP contribution >= 0.6 is 11.6 Å². The average Bonchev–Trinajstić information content (AvgIpc) is 2.54. The Hall–Kier alpha value is -1.80. The minimum absolute atomic E-state index is 0.106. The summed E-state index contributed by atoms with van der Waals surface area (Å²) < 4.78 is 0. The highest BCUT2D eigenvalue weighted by atomic mass is 35.5. The smallest absolute Gasteiger partial charge is 0.165 e. The third-order valence-corrected chi connectivity index (χ3v) is 5.16. The van der Waals surface area contributed by atoms with Crippen LogP contribution in [0.2, 0.25) is 5.02 Å².